The Morgan fingerprint density at radius 1 is 1.11 bits per heavy atom. The Bertz CT molecular complexity index is 953. The van der Waals surface area contributed by atoms with Gasteiger partial charge in [0, 0.05) is 12.1 Å². The maximum absolute atomic E-state index is 12.8. The molecule has 0 spiro atoms. The van der Waals surface area contributed by atoms with Crippen LogP contribution in [0, 0.1) is 0 Å². The van der Waals surface area contributed by atoms with Crippen LogP contribution >= 0.6 is 23.2 Å². The van der Waals surface area contributed by atoms with Crippen LogP contribution in [-0.4, -0.2) is 35.4 Å². The predicted octanol–water partition coefficient (Wildman–Crippen LogP) is 4.83. The van der Waals surface area contributed by atoms with Gasteiger partial charge in [0.2, 0.25) is 0 Å². The molecule has 1 atom stereocenters. The molecule has 28 heavy (non-hydrogen) atoms. The van der Waals surface area contributed by atoms with E-state index in [0.29, 0.717) is 34.9 Å². The van der Waals surface area contributed by atoms with E-state index in [1.165, 1.54) is 17.0 Å². The SMILES string of the molecule is CCCN1C(=O)C(=O)/C(=C(\O)c2ccc(Cl)c(Cl)c2)C1c1ccc(OC)cc1. The minimum Gasteiger partial charge on any atom is -0.507 e. The van der Waals surface area contributed by atoms with Gasteiger partial charge in [0.25, 0.3) is 11.7 Å². The van der Waals surface area contributed by atoms with Crippen molar-refractivity contribution in [1.82, 2.24) is 4.90 Å². The summed E-state index contributed by atoms with van der Waals surface area (Å²) in [6.07, 6.45) is 0.673. The van der Waals surface area contributed by atoms with Gasteiger partial charge < -0.3 is 14.7 Å². The maximum atomic E-state index is 12.8. The number of likely N-dealkylation sites (tertiary alicyclic amines) is 1. The van der Waals surface area contributed by atoms with Crippen LogP contribution in [0.15, 0.2) is 48.0 Å². The number of amides is 1. The molecule has 1 saturated heterocycles. The van der Waals surface area contributed by atoms with Gasteiger partial charge in [-0.15, -0.1) is 0 Å². The van der Waals surface area contributed by atoms with E-state index in [-0.39, 0.29) is 16.4 Å². The fourth-order valence-corrected chi connectivity index (χ4v) is 3.58. The van der Waals surface area contributed by atoms with E-state index >= 15 is 0 Å². The van der Waals surface area contributed by atoms with Crippen LogP contribution in [0.3, 0.4) is 0 Å². The minimum atomic E-state index is -0.724. The highest BCUT2D eigenvalue weighted by Crippen LogP contribution is 2.40. The Morgan fingerprint density at radius 3 is 2.36 bits per heavy atom. The molecular weight excluding hydrogens is 401 g/mol. The van der Waals surface area contributed by atoms with Gasteiger partial charge in [0.15, 0.2) is 0 Å². The number of carbonyl (C=O) groups excluding carboxylic acids is 2. The van der Waals surface area contributed by atoms with Gasteiger partial charge in [0.05, 0.1) is 28.8 Å². The first-order valence-electron chi connectivity index (χ1n) is 8.76. The molecule has 0 radical (unpaired) electrons. The highest BCUT2D eigenvalue weighted by molar-refractivity contribution is 6.46. The third-order valence-electron chi connectivity index (χ3n) is 4.63. The highest BCUT2D eigenvalue weighted by atomic mass is 35.5. The van der Waals surface area contributed by atoms with Crippen molar-refractivity contribution < 1.29 is 19.4 Å². The number of hydrogen-bond donors (Lipinski definition) is 1. The molecule has 3 rings (SSSR count). The minimum absolute atomic E-state index is 0.0296. The molecule has 1 aliphatic rings. The summed E-state index contributed by atoms with van der Waals surface area (Å²) in [7, 11) is 1.56. The van der Waals surface area contributed by atoms with E-state index in [2.05, 4.69) is 0 Å². The first-order chi connectivity index (χ1) is 13.4. The van der Waals surface area contributed by atoms with E-state index in [0.717, 1.165) is 0 Å². The van der Waals surface area contributed by atoms with Crippen molar-refractivity contribution in [2.24, 2.45) is 0 Å². The average Bonchev–Trinajstić information content (AvgIpc) is 2.95. The summed E-state index contributed by atoms with van der Waals surface area (Å²) in [6, 6.07) is 10.9. The molecule has 5 nitrogen and oxygen atoms in total. The number of ketones is 1. The number of aliphatic hydroxyl groups excluding tert-OH is 1. The smallest absolute Gasteiger partial charge is 0.295 e. The van der Waals surface area contributed by atoms with Crippen LogP contribution in [0.4, 0.5) is 0 Å². The molecular formula is C21H19Cl2NO4. The normalized spacial score (nSPS) is 18.6. The number of benzene rings is 2. The third-order valence-corrected chi connectivity index (χ3v) is 5.37. The number of nitrogens with zero attached hydrogens (tertiary/aromatic N) is 1. The number of carbonyl (C=O) groups is 2. The molecule has 0 saturated carbocycles. The van der Waals surface area contributed by atoms with Crippen molar-refractivity contribution >= 4 is 40.7 Å². The molecule has 7 heteroatoms. The van der Waals surface area contributed by atoms with Crippen LogP contribution in [0.5, 0.6) is 5.75 Å². The van der Waals surface area contributed by atoms with Crippen molar-refractivity contribution in [1.29, 1.82) is 0 Å². The summed E-state index contributed by atoms with van der Waals surface area (Å²) < 4.78 is 5.18. The van der Waals surface area contributed by atoms with Crippen LogP contribution in [0.25, 0.3) is 5.76 Å². The average molecular weight is 420 g/mol. The van der Waals surface area contributed by atoms with Crippen molar-refractivity contribution in [2.75, 3.05) is 13.7 Å². The Kier molecular flexibility index (Phi) is 5.96. The van der Waals surface area contributed by atoms with Gasteiger partial charge in [-0.05, 0) is 42.3 Å². The second-order valence-electron chi connectivity index (χ2n) is 6.39. The van der Waals surface area contributed by atoms with Crippen LogP contribution < -0.4 is 4.74 Å². The lowest BCUT2D eigenvalue weighted by atomic mass is 9.95. The molecule has 0 aliphatic carbocycles. The Morgan fingerprint density at radius 2 is 1.79 bits per heavy atom. The summed E-state index contributed by atoms with van der Waals surface area (Å²) in [5, 5.41) is 11.5. The number of aliphatic hydroxyl groups is 1. The van der Waals surface area contributed by atoms with E-state index < -0.39 is 17.7 Å². The summed E-state index contributed by atoms with van der Waals surface area (Å²) in [5.74, 6) is -0.987. The Labute approximate surface area is 173 Å². The zero-order chi connectivity index (χ0) is 20.4. The maximum Gasteiger partial charge on any atom is 0.295 e. The topological polar surface area (TPSA) is 66.8 Å². The Hall–Kier alpha value is -2.50. The van der Waals surface area contributed by atoms with E-state index in [1.807, 2.05) is 6.92 Å². The monoisotopic (exact) mass is 419 g/mol. The first kappa shape index (κ1) is 20.2. The summed E-state index contributed by atoms with van der Waals surface area (Å²) >= 11 is 12.0. The largest absolute Gasteiger partial charge is 0.507 e. The zero-order valence-corrected chi connectivity index (χ0v) is 16.9. The summed E-state index contributed by atoms with van der Waals surface area (Å²) in [6.45, 7) is 2.31. The number of methoxy groups -OCH3 is 1. The van der Waals surface area contributed by atoms with Crippen molar-refractivity contribution in [2.45, 2.75) is 19.4 Å². The Balaban J connectivity index is 2.17. The van der Waals surface area contributed by atoms with E-state index in [9.17, 15) is 14.7 Å². The van der Waals surface area contributed by atoms with Crippen LogP contribution in [0.1, 0.15) is 30.5 Å². The van der Waals surface area contributed by atoms with Gasteiger partial charge >= 0.3 is 0 Å². The molecule has 1 heterocycles. The lowest BCUT2D eigenvalue weighted by Crippen LogP contribution is -2.30. The molecule has 1 N–H and O–H groups in total. The highest BCUT2D eigenvalue weighted by Gasteiger charge is 2.45. The molecule has 1 aliphatic heterocycles. The van der Waals surface area contributed by atoms with Gasteiger partial charge in [-0.1, -0.05) is 42.3 Å². The fraction of sp³-hybridized carbons (Fsp3) is 0.238. The number of rotatable bonds is 5. The quantitative estimate of drug-likeness (QED) is 0.427. The molecule has 1 fully saturated rings. The standard InChI is InChI=1S/C21H19Cl2NO4/c1-3-10-24-18(12-4-7-14(28-2)8-5-12)17(20(26)21(24)27)19(25)13-6-9-15(22)16(23)11-13/h4-9,11,18,25H,3,10H2,1-2H3/b19-17-. The van der Waals surface area contributed by atoms with Crippen molar-refractivity contribution in [3.8, 4) is 5.75 Å². The van der Waals surface area contributed by atoms with Crippen LogP contribution in [0.2, 0.25) is 10.0 Å². The molecule has 146 valence electrons. The molecule has 0 aromatic heterocycles. The van der Waals surface area contributed by atoms with Gasteiger partial charge in [-0.25, -0.2) is 0 Å². The molecule has 0 bridgehead atoms. The molecule has 1 unspecified atom stereocenters. The van der Waals surface area contributed by atoms with Gasteiger partial charge in [-0.2, -0.15) is 0 Å². The second-order valence-corrected chi connectivity index (χ2v) is 7.21. The van der Waals surface area contributed by atoms with Gasteiger partial charge in [-0.3, -0.25) is 9.59 Å². The van der Waals surface area contributed by atoms with Crippen molar-refractivity contribution in [3.63, 3.8) is 0 Å². The summed E-state index contributed by atoms with van der Waals surface area (Å²) in [4.78, 5) is 26.9. The van der Waals surface area contributed by atoms with Crippen LogP contribution in [-0.2, 0) is 9.59 Å². The fourth-order valence-electron chi connectivity index (χ4n) is 3.28. The molecule has 2 aromatic carbocycles. The molecule has 1 amide bonds. The first-order valence-corrected chi connectivity index (χ1v) is 9.52. The van der Waals surface area contributed by atoms with Crippen molar-refractivity contribution in [3.05, 3.63) is 69.2 Å². The number of hydrogen-bond acceptors (Lipinski definition) is 4. The van der Waals surface area contributed by atoms with E-state index in [4.69, 9.17) is 27.9 Å². The predicted molar refractivity (Wildman–Crippen MR) is 109 cm³/mol. The number of Topliss-reactive ketones (excluding diaryl/α,β-unsaturated/α-hetero) is 1. The molecule has 2 aromatic rings. The summed E-state index contributed by atoms with van der Waals surface area (Å²) in [5.41, 5.74) is 1.06. The lowest BCUT2D eigenvalue weighted by molar-refractivity contribution is -0.139. The lowest BCUT2D eigenvalue weighted by Gasteiger charge is -2.25. The number of ether oxygens (including phenoxy) is 1. The third kappa shape index (κ3) is 3.60. The zero-order valence-electron chi connectivity index (χ0n) is 15.4. The van der Waals surface area contributed by atoms with Gasteiger partial charge in [0.1, 0.15) is 11.5 Å². The van der Waals surface area contributed by atoms with E-state index in [1.54, 1.807) is 37.4 Å². The number of halogens is 2. The second kappa shape index (κ2) is 8.25.